The highest BCUT2D eigenvalue weighted by atomic mass is 16.2. The van der Waals surface area contributed by atoms with Crippen LogP contribution in [0, 0.1) is 13.8 Å². The molecule has 0 bridgehead atoms. The van der Waals surface area contributed by atoms with Gasteiger partial charge in [-0.2, -0.15) is 0 Å². The smallest absolute Gasteiger partial charge is 0.271 e. The van der Waals surface area contributed by atoms with Gasteiger partial charge < -0.3 is 4.98 Å². The molecule has 0 saturated carbocycles. The van der Waals surface area contributed by atoms with E-state index >= 15 is 0 Å². The Kier molecular flexibility index (Phi) is 4.29. The van der Waals surface area contributed by atoms with E-state index in [1.54, 1.807) is 18.3 Å². The number of hydrogen-bond acceptors (Lipinski definition) is 3. The molecule has 122 valence electrons. The maximum absolute atomic E-state index is 12.2. The first kappa shape index (κ1) is 15.7. The fraction of sp³-hybridized carbons (Fsp3) is 0.167. The zero-order valence-electron chi connectivity index (χ0n) is 13.5. The normalized spacial score (nSPS) is 10.6. The van der Waals surface area contributed by atoms with E-state index in [2.05, 4.69) is 26.9 Å². The number of nitrogens with zero attached hydrogens (tertiary/aromatic N) is 1. The molecule has 2 aromatic heterocycles. The summed E-state index contributed by atoms with van der Waals surface area (Å²) < 4.78 is 0. The van der Waals surface area contributed by atoms with Gasteiger partial charge in [-0.15, -0.1) is 0 Å². The molecular formula is C18H18N4O2. The van der Waals surface area contributed by atoms with E-state index in [9.17, 15) is 9.59 Å². The molecule has 2 amide bonds. The highest BCUT2D eigenvalue weighted by Crippen LogP contribution is 2.23. The Morgan fingerprint density at radius 2 is 2.00 bits per heavy atom. The molecule has 0 spiro atoms. The van der Waals surface area contributed by atoms with Crippen LogP contribution in [0.1, 0.15) is 27.2 Å². The molecule has 0 aliphatic carbocycles. The lowest BCUT2D eigenvalue weighted by atomic mass is 10.1. The van der Waals surface area contributed by atoms with E-state index in [-0.39, 0.29) is 12.3 Å². The molecule has 1 aromatic carbocycles. The number of nitrogens with one attached hydrogen (secondary N) is 3. The molecule has 0 atom stereocenters. The van der Waals surface area contributed by atoms with Gasteiger partial charge in [-0.25, -0.2) is 0 Å². The van der Waals surface area contributed by atoms with Crippen molar-refractivity contribution in [1.29, 1.82) is 0 Å². The molecule has 3 aromatic rings. The minimum absolute atomic E-state index is 0.183. The molecule has 0 fully saturated rings. The van der Waals surface area contributed by atoms with E-state index in [4.69, 9.17) is 0 Å². The number of carbonyl (C=O) groups excluding carboxylic acids is 2. The summed E-state index contributed by atoms with van der Waals surface area (Å²) in [5.74, 6) is -0.680. The molecule has 3 rings (SSSR count). The van der Waals surface area contributed by atoms with Crippen LogP contribution in [0.4, 0.5) is 0 Å². The highest BCUT2D eigenvalue weighted by molar-refractivity contribution is 5.96. The lowest BCUT2D eigenvalue weighted by Gasteiger charge is -2.07. The number of hydrogen-bond donors (Lipinski definition) is 3. The maximum Gasteiger partial charge on any atom is 0.271 e. The molecule has 0 radical (unpaired) electrons. The second kappa shape index (κ2) is 6.54. The van der Waals surface area contributed by atoms with Gasteiger partial charge in [0.2, 0.25) is 5.91 Å². The van der Waals surface area contributed by atoms with Crippen LogP contribution < -0.4 is 10.9 Å². The third-order valence-corrected chi connectivity index (χ3v) is 3.85. The van der Waals surface area contributed by atoms with Gasteiger partial charge in [-0.3, -0.25) is 25.4 Å². The minimum Gasteiger partial charge on any atom is -0.358 e. The van der Waals surface area contributed by atoms with Crippen LogP contribution >= 0.6 is 0 Å². The standard InChI is InChI=1S/C18H18N4O2/c1-11-5-6-16-15(8-11)14(12(2)20-16)9-17(23)21-22-18(24)13-4-3-7-19-10-13/h3-8,10,20H,9H2,1-2H3,(H,21,23)(H,22,24). The molecule has 6 heteroatoms. The van der Waals surface area contributed by atoms with E-state index in [1.807, 2.05) is 26.0 Å². The zero-order chi connectivity index (χ0) is 17.1. The Morgan fingerprint density at radius 3 is 2.75 bits per heavy atom. The summed E-state index contributed by atoms with van der Waals surface area (Å²) >= 11 is 0. The molecule has 0 aliphatic heterocycles. The first-order valence-corrected chi connectivity index (χ1v) is 7.61. The Balaban J connectivity index is 1.68. The maximum atomic E-state index is 12.2. The molecule has 6 nitrogen and oxygen atoms in total. The monoisotopic (exact) mass is 322 g/mol. The van der Waals surface area contributed by atoms with Crippen LogP contribution in [0.25, 0.3) is 10.9 Å². The Morgan fingerprint density at radius 1 is 1.17 bits per heavy atom. The van der Waals surface area contributed by atoms with Gasteiger partial charge in [0.25, 0.3) is 5.91 Å². The third kappa shape index (κ3) is 3.27. The van der Waals surface area contributed by atoms with Gasteiger partial charge in [0, 0.05) is 29.0 Å². The van der Waals surface area contributed by atoms with E-state index in [1.165, 1.54) is 6.20 Å². The van der Waals surface area contributed by atoms with E-state index in [0.29, 0.717) is 5.56 Å². The third-order valence-electron chi connectivity index (χ3n) is 3.85. The van der Waals surface area contributed by atoms with Crippen LogP contribution in [0.15, 0.2) is 42.7 Å². The number of benzene rings is 1. The highest BCUT2D eigenvalue weighted by Gasteiger charge is 2.13. The lowest BCUT2D eigenvalue weighted by Crippen LogP contribution is -2.42. The van der Waals surface area contributed by atoms with Crippen LogP contribution in [0.3, 0.4) is 0 Å². The summed E-state index contributed by atoms with van der Waals surface area (Å²) in [5.41, 5.74) is 9.25. The molecule has 0 saturated heterocycles. The average Bonchev–Trinajstić information content (AvgIpc) is 2.89. The first-order chi connectivity index (χ1) is 11.5. The number of aromatic nitrogens is 2. The quantitative estimate of drug-likeness (QED) is 0.646. The molecule has 24 heavy (non-hydrogen) atoms. The van der Waals surface area contributed by atoms with Crippen molar-refractivity contribution in [1.82, 2.24) is 20.8 Å². The number of amides is 2. The fourth-order valence-electron chi connectivity index (χ4n) is 2.62. The number of fused-ring (bicyclic) bond motifs is 1. The van der Waals surface area contributed by atoms with Gasteiger partial charge in [-0.1, -0.05) is 11.6 Å². The van der Waals surface area contributed by atoms with Crippen LogP contribution in [-0.2, 0) is 11.2 Å². The summed E-state index contributed by atoms with van der Waals surface area (Å²) in [5, 5.41) is 1.03. The van der Waals surface area contributed by atoms with Gasteiger partial charge in [0.15, 0.2) is 0 Å². The summed E-state index contributed by atoms with van der Waals surface area (Å²) in [6.45, 7) is 3.95. The molecular weight excluding hydrogens is 304 g/mol. The van der Waals surface area contributed by atoms with Gasteiger partial charge in [-0.05, 0) is 43.7 Å². The Labute approximate surface area is 139 Å². The van der Waals surface area contributed by atoms with Crippen molar-refractivity contribution < 1.29 is 9.59 Å². The summed E-state index contributed by atoms with van der Waals surface area (Å²) in [6, 6.07) is 9.37. The topological polar surface area (TPSA) is 86.9 Å². The Bertz CT molecular complexity index is 900. The van der Waals surface area contributed by atoms with E-state index in [0.717, 1.165) is 27.7 Å². The van der Waals surface area contributed by atoms with Gasteiger partial charge >= 0.3 is 0 Å². The van der Waals surface area contributed by atoms with Crippen molar-refractivity contribution in [2.75, 3.05) is 0 Å². The number of carbonyl (C=O) groups is 2. The molecule has 3 N–H and O–H groups in total. The number of rotatable bonds is 3. The second-order valence-corrected chi connectivity index (χ2v) is 5.70. The van der Waals surface area contributed by atoms with Gasteiger partial charge in [0.05, 0.1) is 12.0 Å². The Hall–Kier alpha value is -3.15. The number of aryl methyl sites for hydroxylation is 2. The largest absolute Gasteiger partial charge is 0.358 e. The van der Waals surface area contributed by atoms with Crippen molar-refractivity contribution in [3.8, 4) is 0 Å². The van der Waals surface area contributed by atoms with Crippen molar-refractivity contribution >= 4 is 22.7 Å². The summed E-state index contributed by atoms with van der Waals surface area (Å²) in [4.78, 5) is 31.2. The fourth-order valence-corrected chi connectivity index (χ4v) is 2.62. The SMILES string of the molecule is Cc1ccc2[nH]c(C)c(CC(=O)NNC(=O)c3cccnc3)c2c1. The summed E-state index contributed by atoms with van der Waals surface area (Å²) in [6.07, 6.45) is 3.20. The van der Waals surface area contributed by atoms with Crippen LogP contribution in [0.2, 0.25) is 0 Å². The van der Waals surface area contributed by atoms with Crippen molar-refractivity contribution in [3.05, 3.63) is 65.1 Å². The predicted molar refractivity (Wildman–Crippen MR) is 91.3 cm³/mol. The number of H-pyrrole nitrogens is 1. The first-order valence-electron chi connectivity index (χ1n) is 7.61. The van der Waals surface area contributed by atoms with E-state index < -0.39 is 5.91 Å². The average molecular weight is 322 g/mol. The van der Waals surface area contributed by atoms with Crippen molar-refractivity contribution in [2.45, 2.75) is 20.3 Å². The second-order valence-electron chi connectivity index (χ2n) is 5.70. The van der Waals surface area contributed by atoms with Gasteiger partial charge in [0.1, 0.15) is 0 Å². The lowest BCUT2D eigenvalue weighted by molar-refractivity contribution is -0.121. The van der Waals surface area contributed by atoms with Crippen LogP contribution in [-0.4, -0.2) is 21.8 Å². The predicted octanol–water partition coefficient (Wildman–Crippen LogP) is 2.18. The molecule has 2 heterocycles. The number of hydrazine groups is 1. The molecule has 0 aliphatic rings. The van der Waals surface area contributed by atoms with Crippen LogP contribution in [0.5, 0.6) is 0 Å². The van der Waals surface area contributed by atoms with Crippen molar-refractivity contribution in [2.24, 2.45) is 0 Å². The zero-order valence-corrected chi connectivity index (χ0v) is 13.5. The summed E-state index contributed by atoms with van der Waals surface area (Å²) in [7, 11) is 0. The van der Waals surface area contributed by atoms with Crippen molar-refractivity contribution in [3.63, 3.8) is 0 Å². The number of aromatic amines is 1. The minimum atomic E-state index is -0.400. The number of pyridine rings is 1. The molecule has 0 unspecified atom stereocenters.